The molecule has 0 saturated heterocycles. The predicted molar refractivity (Wildman–Crippen MR) is 45.8 cm³/mol. The van der Waals surface area contributed by atoms with Crippen LogP contribution in [0.3, 0.4) is 0 Å². The van der Waals surface area contributed by atoms with Crippen molar-refractivity contribution in [2.45, 2.75) is 12.9 Å². The summed E-state index contributed by atoms with van der Waals surface area (Å²) in [6.07, 6.45) is -4.81. The molecule has 1 N–H and O–H groups in total. The minimum atomic E-state index is -4.81. The van der Waals surface area contributed by atoms with Crippen LogP contribution in [0.25, 0.3) is 0 Å². The predicted octanol–water partition coefficient (Wildman–Crippen LogP) is 2.44. The number of rotatable bonds is 3. The van der Waals surface area contributed by atoms with Gasteiger partial charge >= 0.3 is 6.36 Å². The van der Waals surface area contributed by atoms with Crippen molar-refractivity contribution in [1.82, 2.24) is 5.32 Å². The van der Waals surface area contributed by atoms with E-state index in [0.29, 0.717) is 6.07 Å². The van der Waals surface area contributed by atoms with E-state index in [4.69, 9.17) is 0 Å². The molecule has 0 fully saturated rings. The summed E-state index contributed by atoms with van der Waals surface area (Å²) in [7, 11) is 1.57. The van der Waals surface area contributed by atoms with Gasteiger partial charge in [0.1, 0.15) is 11.6 Å². The molecule has 0 aromatic heterocycles. The molecule has 0 bridgehead atoms. The molecule has 15 heavy (non-hydrogen) atoms. The maximum atomic E-state index is 12.7. The molecule has 0 radical (unpaired) electrons. The fourth-order valence-electron chi connectivity index (χ4n) is 1.08. The number of halogens is 4. The summed E-state index contributed by atoms with van der Waals surface area (Å²) >= 11 is 0. The average Bonchev–Trinajstić information content (AvgIpc) is 2.07. The summed E-state index contributed by atoms with van der Waals surface area (Å²) in [4.78, 5) is 0. The Morgan fingerprint density at radius 3 is 2.53 bits per heavy atom. The number of benzene rings is 1. The van der Waals surface area contributed by atoms with E-state index in [0.717, 1.165) is 6.07 Å². The third-order valence-corrected chi connectivity index (χ3v) is 1.62. The third-order valence-electron chi connectivity index (χ3n) is 1.62. The van der Waals surface area contributed by atoms with E-state index < -0.39 is 17.9 Å². The van der Waals surface area contributed by atoms with Gasteiger partial charge in [0.2, 0.25) is 0 Å². The van der Waals surface area contributed by atoms with Gasteiger partial charge in [0.25, 0.3) is 0 Å². The molecular weight excluding hydrogens is 214 g/mol. The van der Waals surface area contributed by atoms with Gasteiger partial charge in [-0.25, -0.2) is 4.39 Å². The molecule has 0 aliphatic rings. The van der Waals surface area contributed by atoms with Gasteiger partial charge in [0.05, 0.1) is 0 Å². The van der Waals surface area contributed by atoms with Gasteiger partial charge in [0, 0.05) is 18.2 Å². The third kappa shape index (κ3) is 3.75. The molecule has 2 nitrogen and oxygen atoms in total. The van der Waals surface area contributed by atoms with Crippen LogP contribution in [0.4, 0.5) is 17.6 Å². The fraction of sp³-hybridized carbons (Fsp3) is 0.333. The zero-order valence-corrected chi connectivity index (χ0v) is 7.86. The number of ether oxygens (including phenoxy) is 1. The molecule has 0 heterocycles. The monoisotopic (exact) mass is 223 g/mol. The summed E-state index contributed by atoms with van der Waals surface area (Å²) in [5.41, 5.74) is 0.247. The van der Waals surface area contributed by atoms with E-state index in [1.54, 1.807) is 7.05 Å². The highest BCUT2D eigenvalue weighted by Crippen LogP contribution is 2.27. The lowest BCUT2D eigenvalue weighted by Crippen LogP contribution is -2.19. The smallest absolute Gasteiger partial charge is 0.405 e. The summed E-state index contributed by atoms with van der Waals surface area (Å²) in [6, 6.07) is 3.03. The van der Waals surface area contributed by atoms with Gasteiger partial charge in [-0.2, -0.15) is 0 Å². The molecule has 84 valence electrons. The molecule has 1 aromatic rings. The summed E-state index contributed by atoms with van der Waals surface area (Å²) in [5, 5.41) is 2.66. The number of hydrogen-bond acceptors (Lipinski definition) is 2. The average molecular weight is 223 g/mol. The van der Waals surface area contributed by atoms with Gasteiger partial charge in [-0.3, -0.25) is 0 Å². The Balaban J connectivity index is 2.96. The van der Waals surface area contributed by atoms with Crippen molar-refractivity contribution >= 4 is 0 Å². The molecule has 1 aromatic carbocycles. The molecule has 0 aliphatic carbocycles. The molecule has 0 unspecified atom stereocenters. The van der Waals surface area contributed by atoms with Gasteiger partial charge in [-0.15, -0.1) is 13.2 Å². The Hall–Kier alpha value is -1.30. The first-order valence-electron chi connectivity index (χ1n) is 4.11. The second-order valence-corrected chi connectivity index (χ2v) is 2.83. The van der Waals surface area contributed by atoms with Crippen molar-refractivity contribution in [1.29, 1.82) is 0 Å². The summed E-state index contributed by atoms with van der Waals surface area (Å²) in [6.45, 7) is 0.172. The highest BCUT2D eigenvalue weighted by molar-refractivity contribution is 5.34. The quantitative estimate of drug-likeness (QED) is 0.794. The highest BCUT2D eigenvalue weighted by atomic mass is 19.4. The Bertz CT molecular complexity index is 337. The van der Waals surface area contributed by atoms with Crippen LogP contribution in [0.15, 0.2) is 18.2 Å². The highest BCUT2D eigenvalue weighted by Gasteiger charge is 2.32. The fourth-order valence-corrected chi connectivity index (χ4v) is 1.08. The number of nitrogens with one attached hydrogen (secondary N) is 1. The standard InChI is InChI=1S/C9H9F4NO/c1-14-5-6-2-3-7(10)4-8(6)15-9(11,12)13/h2-4,14H,5H2,1H3. The van der Waals surface area contributed by atoms with Crippen molar-refractivity contribution in [3.05, 3.63) is 29.6 Å². The van der Waals surface area contributed by atoms with Crippen molar-refractivity contribution in [3.63, 3.8) is 0 Å². The molecule has 0 amide bonds. The van der Waals surface area contributed by atoms with Crippen LogP contribution >= 0.6 is 0 Å². The SMILES string of the molecule is CNCc1ccc(F)cc1OC(F)(F)F. The lowest BCUT2D eigenvalue weighted by Gasteiger charge is -2.12. The van der Waals surface area contributed by atoms with E-state index in [2.05, 4.69) is 10.1 Å². The van der Waals surface area contributed by atoms with Crippen LogP contribution in [-0.2, 0) is 6.54 Å². The Morgan fingerprint density at radius 1 is 1.33 bits per heavy atom. The van der Waals surface area contributed by atoms with Crippen LogP contribution in [0.2, 0.25) is 0 Å². The van der Waals surface area contributed by atoms with Gasteiger partial charge in [0.15, 0.2) is 0 Å². The van der Waals surface area contributed by atoms with E-state index in [-0.39, 0.29) is 12.1 Å². The summed E-state index contributed by atoms with van der Waals surface area (Å²) in [5.74, 6) is -1.29. The van der Waals surface area contributed by atoms with Crippen molar-refractivity contribution in [3.8, 4) is 5.75 Å². The van der Waals surface area contributed by atoms with Gasteiger partial charge < -0.3 is 10.1 Å². The number of hydrogen-bond donors (Lipinski definition) is 1. The molecule has 0 aliphatic heterocycles. The lowest BCUT2D eigenvalue weighted by atomic mass is 10.2. The second kappa shape index (κ2) is 4.48. The van der Waals surface area contributed by atoms with Crippen LogP contribution in [0.1, 0.15) is 5.56 Å². The summed E-state index contributed by atoms with van der Waals surface area (Å²) < 4.78 is 52.2. The Kier molecular flexibility index (Phi) is 3.52. The normalized spacial score (nSPS) is 11.5. The maximum Gasteiger partial charge on any atom is 0.573 e. The molecule has 0 atom stereocenters. The Labute approximate surface area is 83.9 Å². The van der Waals surface area contributed by atoms with Crippen LogP contribution < -0.4 is 10.1 Å². The van der Waals surface area contributed by atoms with Crippen LogP contribution in [0.5, 0.6) is 5.75 Å². The zero-order chi connectivity index (χ0) is 11.5. The lowest BCUT2D eigenvalue weighted by molar-refractivity contribution is -0.275. The molecule has 6 heteroatoms. The molecule has 1 rings (SSSR count). The molecule has 0 saturated carbocycles. The van der Waals surface area contributed by atoms with Crippen LogP contribution in [0, 0.1) is 5.82 Å². The Morgan fingerprint density at radius 2 is 2.00 bits per heavy atom. The van der Waals surface area contributed by atoms with Crippen molar-refractivity contribution in [2.24, 2.45) is 0 Å². The van der Waals surface area contributed by atoms with E-state index in [1.165, 1.54) is 6.07 Å². The van der Waals surface area contributed by atoms with Crippen molar-refractivity contribution in [2.75, 3.05) is 7.05 Å². The van der Waals surface area contributed by atoms with E-state index in [9.17, 15) is 17.6 Å². The van der Waals surface area contributed by atoms with Gasteiger partial charge in [-0.05, 0) is 13.1 Å². The minimum Gasteiger partial charge on any atom is -0.405 e. The molecule has 0 spiro atoms. The molecular formula is C9H9F4NO. The first kappa shape index (κ1) is 11.8. The topological polar surface area (TPSA) is 21.3 Å². The first-order valence-corrected chi connectivity index (χ1v) is 4.11. The first-order chi connectivity index (χ1) is 6.92. The largest absolute Gasteiger partial charge is 0.573 e. The van der Waals surface area contributed by atoms with Crippen molar-refractivity contribution < 1.29 is 22.3 Å². The van der Waals surface area contributed by atoms with Crippen LogP contribution in [-0.4, -0.2) is 13.4 Å². The van der Waals surface area contributed by atoms with E-state index in [1.807, 2.05) is 0 Å². The maximum absolute atomic E-state index is 12.7. The van der Waals surface area contributed by atoms with E-state index >= 15 is 0 Å². The minimum absolute atomic E-state index is 0.172. The second-order valence-electron chi connectivity index (χ2n) is 2.83. The van der Waals surface area contributed by atoms with Gasteiger partial charge in [-0.1, -0.05) is 6.07 Å². The number of alkyl halides is 3. The zero-order valence-electron chi connectivity index (χ0n) is 7.86.